The van der Waals surface area contributed by atoms with E-state index < -0.39 is 44.7 Å². The minimum atomic E-state index is -4.45. The van der Waals surface area contributed by atoms with Crippen molar-refractivity contribution in [2.45, 2.75) is 148 Å². The van der Waals surface area contributed by atoms with Crippen molar-refractivity contribution in [3.63, 3.8) is 0 Å². The van der Waals surface area contributed by atoms with E-state index in [-0.39, 0.29) is 26.1 Å². The molecule has 0 aromatic heterocycles. The topological polar surface area (TPSA) is 149 Å². The molecule has 62 heavy (non-hydrogen) atoms. The SMILES string of the molecule is CC/C=C\C[C@@H](O)/C=C/C=C\C/C=C\C=C\[C@@H](O)/C=C\CCCC(=O)OC[C@H](COP(=O)(O)OCC[N+](C)(C)C)OC(=O)CCC/C=C\C/C=C\C/C=C\CCCCCCCC. The summed E-state index contributed by atoms with van der Waals surface area (Å²) in [5.41, 5.74) is 0. The summed E-state index contributed by atoms with van der Waals surface area (Å²) in [5.74, 6) is -1.06. The van der Waals surface area contributed by atoms with Crippen molar-refractivity contribution in [3.05, 3.63) is 109 Å². The summed E-state index contributed by atoms with van der Waals surface area (Å²) in [5, 5.41) is 20.0. The van der Waals surface area contributed by atoms with E-state index in [0.717, 1.165) is 25.7 Å². The van der Waals surface area contributed by atoms with Crippen molar-refractivity contribution >= 4 is 19.8 Å². The number of nitrogens with zero attached hydrogens (tertiary/aromatic N) is 1. The van der Waals surface area contributed by atoms with Crippen LogP contribution in [0.5, 0.6) is 0 Å². The monoisotopic (exact) mass is 889 g/mol. The van der Waals surface area contributed by atoms with Crippen molar-refractivity contribution in [1.82, 2.24) is 0 Å². The summed E-state index contributed by atoms with van der Waals surface area (Å²) in [7, 11) is 1.31. The summed E-state index contributed by atoms with van der Waals surface area (Å²) in [6.45, 7) is 3.91. The van der Waals surface area contributed by atoms with Gasteiger partial charge in [-0.25, -0.2) is 4.57 Å². The Hall–Kier alpha value is -3.41. The first-order chi connectivity index (χ1) is 29.8. The molecule has 0 amide bonds. The number of esters is 2. The Kier molecular flexibility index (Phi) is 38.1. The third kappa shape index (κ3) is 43.2. The van der Waals surface area contributed by atoms with E-state index >= 15 is 0 Å². The molecule has 11 nitrogen and oxygen atoms in total. The minimum absolute atomic E-state index is 0.0170. The van der Waals surface area contributed by atoms with E-state index in [1.165, 1.54) is 38.5 Å². The maximum atomic E-state index is 12.7. The van der Waals surface area contributed by atoms with Crippen molar-refractivity contribution in [1.29, 1.82) is 0 Å². The van der Waals surface area contributed by atoms with Gasteiger partial charge in [-0.2, -0.15) is 0 Å². The zero-order valence-electron chi connectivity index (χ0n) is 38.8. The van der Waals surface area contributed by atoms with Gasteiger partial charge in [-0.1, -0.05) is 155 Å². The Labute approximate surface area is 375 Å². The van der Waals surface area contributed by atoms with Gasteiger partial charge in [-0.3, -0.25) is 18.6 Å². The number of phosphoric acid groups is 1. The average Bonchev–Trinajstić information content (AvgIpc) is 3.21. The van der Waals surface area contributed by atoms with Crippen LogP contribution in [0.15, 0.2) is 109 Å². The van der Waals surface area contributed by atoms with Gasteiger partial charge >= 0.3 is 19.8 Å². The molecular weight excluding hydrogens is 806 g/mol. The molecule has 0 aromatic rings. The summed E-state index contributed by atoms with van der Waals surface area (Å²) in [6, 6.07) is 0. The number of allylic oxidation sites excluding steroid dienone is 14. The lowest BCUT2D eigenvalue weighted by atomic mass is 10.1. The Balaban J connectivity index is 4.69. The number of carbonyl (C=O) groups is 2. The Morgan fingerprint density at radius 3 is 1.85 bits per heavy atom. The second kappa shape index (κ2) is 40.4. The van der Waals surface area contributed by atoms with Crippen molar-refractivity contribution in [2.75, 3.05) is 47.5 Å². The lowest BCUT2D eigenvalue weighted by Gasteiger charge is -2.24. The molecule has 352 valence electrons. The van der Waals surface area contributed by atoms with Crippen LogP contribution in [0.1, 0.15) is 129 Å². The second-order valence-corrected chi connectivity index (χ2v) is 17.5. The molecule has 1 unspecified atom stereocenters. The Morgan fingerprint density at radius 1 is 0.613 bits per heavy atom. The number of unbranched alkanes of at least 4 members (excludes halogenated alkanes) is 8. The van der Waals surface area contributed by atoms with Crippen molar-refractivity contribution in [2.24, 2.45) is 0 Å². The number of rotatable bonds is 39. The van der Waals surface area contributed by atoms with Crippen LogP contribution in [-0.2, 0) is 32.7 Å². The number of aliphatic hydroxyl groups is 2. The fraction of sp³-hybridized carbons (Fsp3) is 0.600. The molecule has 0 saturated carbocycles. The lowest BCUT2D eigenvalue weighted by molar-refractivity contribution is -0.870. The first-order valence-corrected chi connectivity index (χ1v) is 24.3. The van der Waals surface area contributed by atoms with Crippen LogP contribution < -0.4 is 0 Å². The van der Waals surface area contributed by atoms with Crippen LogP contribution in [0.2, 0.25) is 0 Å². The first kappa shape index (κ1) is 58.6. The van der Waals surface area contributed by atoms with Gasteiger partial charge < -0.3 is 29.1 Å². The van der Waals surface area contributed by atoms with Crippen LogP contribution >= 0.6 is 7.82 Å². The van der Waals surface area contributed by atoms with Crippen LogP contribution in [0, 0.1) is 0 Å². The van der Waals surface area contributed by atoms with Crippen molar-refractivity contribution in [3.8, 4) is 0 Å². The van der Waals surface area contributed by atoms with Crippen LogP contribution in [0.4, 0.5) is 0 Å². The quantitative estimate of drug-likeness (QED) is 0.0136. The number of hydrogen-bond donors (Lipinski definition) is 3. The van der Waals surface area contributed by atoms with Gasteiger partial charge in [0, 0.05) is 12.8 Å². The molecule has 0 aliphatic carbocycles. The van der Waals surface area contributed by atoms with Gasteiger partial charge in [0.2, 0.25) is 0 Å². The van der Waals surface area contributed by atoms with Crippen molar-refractivity contribution < 1.29 is 52.3 Å². The lowest BCUT2D eigenvalue weighted by Crippen LogP contribution is -2.37. The molecular formula is C50H83NO10P+. The highest BCUT2D eigenvalue weighted by Gasteiger charge is 2.27. The Bertz CT molecular complexity index is 1450. The molecule has 4 atom stereocenters. The molecule has 0 saturated heterocycles. The van der Waals surface area contributed by atoms with E-state index in [9.17, 15) is 29.3 Å². The van der Waals surface area contributed by atoms with Gasteiger partial charge in [0.05, 0.1) is 40.0 Å². The highest BCUT2D eigenvalue weighted by molar-refractivity contribution is 7.47. The summed E-state index contributed by atoms with van der Waals surface area (Å²) < 4.78 is 34.1. The molecule has 0 radical (unpaired) electrons. The predicted molar refractivity (Wildman–Crippen MR) is 254 cm³/mol. The number of hydrogen-bond acceptors (Lipinski definition) is 9. The van der Waals surface area contributed by atoms with Gasteiger partial charge in [0.1, 0.15) is 19.8 Å². The normalized spacial score (nSPS) is 15.5. The highest BCUT2D eigenvalue weighted by Crippen LogP contribution is 2.43. The van der Waals surface area contributed by atoms with E-state index in [1.54, 1.807) is 30.4 Å². The van der Waals surface area contributed by atoms with E-state index in [1.807, 2.05) is 69.8 Å². The van der Waals surface area contributed by atoms with Crippen LogP contribution in [0.25, 0.3) is 0 Å². The highest BCUT2D eigenvalue weighted by atomic mass is 31.2. The number of phosphoric ester groups is 1. The van der Waals surface area contributed by atoms with Crippen LogP contribution in [-0.4, -0.2) is 97.3 Å². The molecule has 3 N–H and O–H groups in total. The Morgan fingerprint density at radius 2 is 1.19 bits per heavy atom. The number of likely N-dealkylation sites (N-methyl/N-ethyl adjacent to an activating group) is 1. The smallest absolute Gasteiger partial charge is 0.462 e. The first-order valence-electron chi connectivity index (χ1n) is 22.8. The number of quaternary nitrogens is 1. The third-order valence-corrected chi connectivity index (χ3v) is 9.95. The predicted octanol–water partition coefficient (Wildman–Crippen LogP) is 11.1. The number of carbonyl (C=O) groups excluding carboxylic acids is 2. The van der Waals surface area contributed by atoms with Gasteiger partial charge in [-0.05, 0) is 70.6 Å². The molecule has 0 heterocycles. The standard InChI is InChI=1S/C50H82NO10P/c1-6-8-10-11-12-13-14-15-16-17-18-19-20-21-25-28-34-41-50(55)61-48(45-60-62(56,57)59-43-42-51(3,4)5)44-58-49(54)40-35-29-33-39-47(53)38-32-27-24-22-23-26-31-37-46(52)36-30-9-7-2/h9,15-16,18-19,21,23-27,30-33,37-39,46-48,52-53H,6-8,10-14,17,20,22,28-29,34-36,40-45H2,1-5H3/p+1/b16-15-,19-18-,25-21-,26-23-,27-24-,30-9-,37-31+,38-32+,39-33-/t46-,47-,48-/m1/s1. The fourth-order valence-corrected chi connectivity index (χ4v) is 6.10. The van der Waals surface area contributed by atoms with Gasteiger partial charge in [0.15, 0.2) is 6.10 Å². The maximum absolute atomic E-state index is 12.7. The van der Waals surface area contributed by atoms with E-state index in [0.29, 0.717) is 49.6 Å². The molecule has 0 aromatic carbocycles. The molecule has 12 heteroatoms. The zero-order chi connectivity index (χ0) is 46.0. The molecule has 0 rings (SSSR count). The minimum Gasteiger partial charge on any atom is -0.462 e. The summed E-state index contributed by atoms with van der Waals surface area (Å²) in [4.78, 5) is 35.4. The summed E-state index contributed by atoms with van der Waals surface area (Å²) >= 11 is 0. The van der Waals surface area contributed by atoms with E-state index in [2.05, 4.69) is 44.2 Å². The second-order valence-electron chi connectivity index (χ2n) is 16.1. The molecule has 0 fully saturated rings. The average molecular weight is 889 g/mol. The molecule has 0 aliphatic heterocycles. The van der Waals surface area contributed by atoms with Gasteiger partial charge in [0.25, 0.3) is 0 Å². The largest absolute Gasteiger partial charge is 0.472 e. The maximum Gasteiger partial charge on any atom is 0.472 e. The summed E-state index contributed by atoms with van der Waals surface area (Å²) in [6.07, 6.45) is 48.0. The number of aliphatic hydroxyl groups excluding tert-OH is 2. The number of ether oxygens (including phenoxy) is 2. The van der Waals surface area contributed by atoms with Gasteiger partial charge in [-0.15, -0.1) is 0 Å². The van der Waals surface area contributed by atoms with E-state index in [4.69, 9.17) is 18.5 Å². The fourth-order valence-electron chi connectivity index (χ4n) is 5.36. The zero-order valence-corrected chi connectivity index (χ0v) is 39.7. The molecule has 0 spiro atoms. The van der Waals surface area contributed by atoms with Crippen LogP contribution in [0.3, 0.4) is 0 Å². The third-order valence-electron chi connectivity index (χ3n) is 8.96. The molecule has 0 bridgehead atoms. The molecule has 0 aliphatic rings.